The van der Waals surface area contributed by atoms with Gasteiger partial charge in [0.1, 0.15) is 10.5 Å². The highest BCUT2D eigenvalue weighted by molar-refractivity contribution is 7.13. The second-order valence-electron chi connectivity index (χ2n) is 7.05. The van der Waals surface area contributed by atoms with E-state index in [4.69, 9.17) is 4.74 Å². The van der Waals surface area contributed by atoms with Gasteiger partial charge in [0.25, 0.3) is 5.91 Å². The Morgan fingerprint density at radius 2 is 2.00 bits per heavy atom. The zero-order valence-electron chi connectivity index (χ0n) is 16.6. The number of rotatable bonds is 8. The minimum Gasteiger partial charge on any atom is -0.455 e. The maximum atomic E-state index is 12.0. The van der Waals surface area contributed by atoms with Crippen molar-refractivity contribution in [3.63, 3.8) is 0 Å². The molecule has 0 radical (unpaired) electrons. The molecule has 0 bridgehead atoms. The Morgan fingerprint density at radius 3 is 2.57 bits per heavy atom. The van der Waals surface area contributed by atoms with Gasteiger partial charge >= 0.3 is 5.97 Å². The van der Waals surface area contributed by atoms with Crippen LogP contribution in [0.25, 0.3) is 10.6 Å². The van der Waals surface area contributed by atoms with Crippen molar-refractivity contribution in [3.8, 4) is 16.6 Å². The molecule has 0 aliphatic rings. The van der Waals surface area contributed by atoms with Crippen LogP contribution in [0.5, 0.6) is 0 Å². The fourth-order valence-corrected chi connectivity index (χ4v) is 3.20. The molecule has 1 heterocycles. The van der Waals surface area contributed by atoms with Crippen LogP contribution in [0.2, 0.25) is 0 Å². The van der Waals surface area contributed by atoms with Gasteiger partial charge in [-0.1, -0.05) is 45.0 Å². The van der Waals surface area contributed by atoms with Crippen LogP contribution in [0.1, 0.15) is 39.0 Å². The molecule has 1 aromatic heterocycles. The molecule has 7 heteroatoms. The largest absolute Gasteiger partial charge is 0.455 e. The highest BCUT2D eigenvalue weighted by Crippen LogP contribution is 2.24. The van der Waals surface area contributed by atoms with Gasteiger partial charge in [-0.25, -0.2) is 4.98 Å². The van der Waals surface area contributed by atoms with Crippen LogP contribution in [0, 0.1) is 17.2 Å². The fraction of sp³-hybridized carbons (Fsp3) is 0.429. The smallest absolute Gasteiger partial charge is 0.312 e. The van der Waals surface area contributed by atoms with Crippen LogP contribution in [0.15, 0.2) is 29.6 Å². The van der Waals surface area contributed by atoms with Gasteiger partial charge in [0, 0.05) is 10.9 Å². The quantitative estimate of drug-likeness (QED) is 0.686. The number of aromatic nitrogens is 1. The van der Waals surface area contributed by atoms with Crippen molar-refractivity contribution in [1.29, 1.82) is 5.26 Å². The van der Waals surface area contributed by atoms with Gasteiger partial charge < -0.3 is 10.1 Å². The lowest BCUT2D eigenvalue weighted by atomic mass is 9.90. The summed E-state index contributed by atoms with van der Waals surface area (Å²) in [4.78, 5) is 28.5. The molecule has 2 aromatic rings. The Morgan fingerprint density at radius 1 is 1.32 bits per heavy atom. The van der Waals surface area contributed by atoms with Gasteiger partial charge in [-0.2, -0.15) is 5.26 Å². The number of esters is 1. The third-order valence-corrected chi connectivity index (χ3v) is 5.58. The van der Waals surface area contributed by atoms with Crippen LogP contribution >= 0.6 is 11.3 Å². The Kier molecular flexibility index (Phi) is 7.30. The minimum absolute atomic E-state index is 0.00345. The second-order valence-corrected chi connectivity index (χ2v) is 7.91. The Bertz CT molecular complexity index is 868. The molecule has 0 fully saturated rings. The van der Waals surface area contributed by atoms with E-state index in [1.165, 1.54) is 16.9 Å². The lowest BCUT2D eigenvalue weighted by Gasteiger charge is -2.27. The first-order valence-corrected chi connectivity index (χ1v) is 10.1. The van der Waals surface area contributed by atoms with Crippen LogP contribution in [0.3, 0.4) is 0 Å². The van der Waals surface area contributed by atoms with E-state index in [0.717, 1.165) is 17.0 Å². The predicted octanol–water partition coefficient (Wildman–Crippen LogP) is 3.51. The molecule has 0 saturated carbocycles. The summed E-state index contributed by atoms with van der Waals surface area (Å²) in [6.07, 6.45) is 0.976. The number of amides is 1. The fourth-order valence-electron chi connectivity index (χ4n) is 2.38. The van der Waals surface area contributed by atoms with E-state index >= 15 is 0 Å². The number of carbonyl (C=O) groups is 2. The Balaban J connectivity index is 1.87. The van der Waals surface area contributed by atoms with Crippen LogP contribution in [0.4, 0.5) is 0 Å². The summed E-state index contributed by atoms with van der Waals surface area (Å²) in [5.41, 5.74) is 1.87. The third kappa shape index (κ3) is 5.64. The van der Waals surface area contributed by atoms with E-state index in [2.05, 4.69) is 35.4 Å². The average molecular weight is 400 g/mol. The highest BCUT2D eigenvalue weighted by Gasteiger charge is 2.30. The predicted molar refractivity (Wildman–Crippen MR) is 109 cm³/mol. The number of nitriles is 1. The normalized spacial score (nSPS) is 12.9. The van der Waals surface area contributed by atoms with E-state index in [1.807, 2.05) is 31.4 Å². The summed E-state index contributed by atoms with van der Waals surface area (Å²) in [7, 11) is 0. The van der Waals surface area contributed by atoms with E-state index in [0.29, 0.717) is 5.69 Å². The number of nitrogens with one attached hydrogen (secondary N) is 1. The molecular weight excluding hydrogens is 374 g/mol. The summed E-state index contributed by atoms with van der Waals surface area (Å²) in [6.45, 7) is 7.00. The molecule has 1 atom stereocenters. The molecule has 0 aliphatic heterocycles. The Labute approximate surface area is 169 Å². The van der Waals surface area contributed by atoms with Crippen molar-refractivity contribution >= 4 is 23.2 Å². The molecule has 6 nitrogen and oxygen atoms in total. The van der Waals surface area contributed by atoms with Crippen molar-refractivity contribution in [2.24, 2.45) is 5.92 Å². The van der Waals surface area contributed by atoms with Crippen molar-refractivity contribution in [2.45, 2.75) is 46.1 Å². The molecule has 0 aliphatic carbocycles. The highest BCUT2D eigenvalue weighted by atomic mass is 32.1. The van der Waals surface area contributed by atoms with Gasteiger partial charge in [-0.05, 0) is 24.8 Å². The molecule has 1 amide bonds. The molecule has 1 aromatic carbocycles. The van der Waals surface area contributed by atoms with Gasteiger partial charge in [0.05, 0.1) is 18.2 Å². The zero-order chi connectivity index (χ0) is 20.7. The van der Waals surface area contributed by atoms with Crippen molar-refractivity contribution in [2.75, 3.05) is 6.61 Å². The van der Waals surface area contributed by atoms with E-state index < -0.39 is 24.0 Å². The number of thiazole rings is 1. The summed E-state index contributed by atoms with van der Waals surface area (Å²) >= 11 is 1.46. The second kappa shape index (κ2) is 9.47. The summed E-state index contributed by atoms with van der Waals surface area (Å²) in [5, 5.41) is 14.5. The van der Waals surface area contributed by atoms with Crippen LogP contribution < -0.4 is 5.32 Å². The Hall–Kier alpha value is -2.72. The van der Waals surface area contributed by atoms with Crippen LogP contribution in [-0.2, 0) is 27.2 Å². The minimum atomic E-state index is -0.999. The third-order valence-electron chi connectivity index (χ3n) is 4.64. The van der Waals surface area contributed by atoms with Crippen molar-refractivity contribution in [1.82, 2.24) is 10.3 Å². The first kappa shape index (κ1) is 21.6. The van der Waals surface area contributed by atoms with Gasteiger partial charge in [-0.3, -0.25) is 9.59 Å². The number of nitrogens with zero attached hydrogens (tertiary/aromatic N) is 2. The van der Waals surface area contributed by atoms with Crippen molar-refractivity contribution < 1.29 is 14.3 Å². The summed E-state index contributed by atoms with van der Waals surface area (Å²) in [6, 6.07) is 10.2. The summed E-state index contributed by atoms with van der Waals surface area (Å²) < 4.78 is 5.03. The molecule has 148 valence electrons. The summed E-state index contributed by atoms with van der Waals surface area (Å²) in [5.74, 6) is -1.10. The standard InChI is InChI=1S/C21H25N3O3S/c1-5-15-6-8-16(9-7-15)20-23-17(12-28-20)10-19(26)27-11-18(25)24-21(4,13-22)14(2)3/h6-9,12,14H,5,10-11H2,1-4H3,(H,24,25)/t21-/m1/s1. The molecular formula is C21H25N3O3S. The molecule has 2 rings (SSSR count). The molecule has 0 unspecified atom stereocenters. The molecule has 0 saturated heterocycles. The number of ether oxygens (including phenoxy) is 1. The monoisotopic (exact) mass is 399 g/mol. The molecule has 1 N–H and O–H groups in total. The number of hydrogen-bond donors (Lipinski definition) is 1. The van der Waals surface area contributed by atoms with E-state index in [9.17, 15) is 14.9 Å². The van der Waals surface area contributed by atoms with Crippen molar-refractivity contribution in [3.05, 3.63) is 40.9 Å². The molecule has 28 heavy (non-hydrogen) atoms. The van der Waals surface area contributed by atoms with E-state index in [-0.39, 0.29) is 12.3 Å². The first-order chi connectivity index (χ1) is 13.3. The number of hydrogen-bond acceptors (Lipinski definition) is 6. The van der Waals surface area contributed by atoms with Gasteiger partial charge in [0.15, 0.2) is 6.61 Å². The van der Waals surface area contributed by atoms with Crippen LogP contribution in [-0.4, -0.2) is 29.0 Å². The first-order valence-electron chi connectivity index (χ1n) is 9.19. The molecule has 0 spiro atoms. The maximum absolute atomic E-state index is 12.0. The SMILES string of the molecule is CCc1ccc(-c2nc(CC(=O)OCC(=O)N[C@](C)(C#N)C(C)C)cs2)cc1. The van der Waals surface area contributed by atoms with Gasteiger partial charge in [0.2, 0.25) is 0 Å². The number of benzene rings is 1. The maximum Gasteiger partial charge on any atom is 0.312 e. The zero-order valence-corrected chi connectivity index (χ0v) is 17.4. The lowest BCUT2D eigenvalue weighted by Crippen LogP contribution is -2.50. The average Bonchev–Trinajstić information content (AvgIpc) is 3.14. The topological polar surface area (TPSA) is 92.1 Å². The van der Waals surface area contributed by atoms with Gasteiger partial charge in [-0.15, -0.1) is 11.3 Å². The number of carbonyl (C=O) groups excluding carboxylic acids is 2. The van der Waals surface area contributed by atoms with E-state index in [1.54, 1.807) is 6.92 Å². The number of aryl methyl sites for hydroxylation is 1. The lowest BCUT2D eigenvalue weighted by molar-refractivity contribution is -0.148.